The molecule has 0 spiro atoms. The van der Waals surface area contributed by atoms with Crippen molar-refractivity contribution in [1.82, 2.24) is 29.2 Å². The predicted octanol–water partition coefficient (Wildman–Crippen LogP) is 5.98. The van der Waals surface area contributed by atoms with Gasteiger partial charge in [-0.1, -0.05) is 23.2 Å². The third-order valence-electron chi connectivity index (χ3n) is 9.58. The van der Waals surface area contributed by atoms with Crippen LogP contribution >= 0.6 is 23.2 Å². The average molecular weight is 677 g/mol. The zero-order valence-electron chi connectivity index (χ0n) is 26.7. The van der Waals surface area contributed by atoms with E-state index in [1.807, 2.05) is 36.4 Å². The average Bonchev–Trinajstić information content (AvgIpc) is 3.83. The molecule has 5 heterocycles. The minimum absolute atomic E-state index is 0.128. The summed E-state index contributed by atoms with van der Waals surface area (Å²) in [6, 6.07) is 13.4. The molecule has 1 amide bonds. The second-order valence-electron chi connectivity index (χ2n) is 12.9. The zero-order valence-corrected chi connectivity index (χ0v) is 28.2. The SMILES string of the molecule is CN1CCC(Oc2ccc(Nc3ncc4cc(-c5c(Cl)cc(C6CCCN6C)cc5Cl)c(=O)n(CC(=O)N5CCCC5)c4n3)cc2)C1. The van der Waals surface area contributed by atoms with Crippen LogP contribution in [0.15, 0.2) is 53.5 Å². The van der Waals surface area contributed by atoms with E-state index in [1.165, 1.54) is 4.57 Å². The van der Waals surface area contributed by atoms with Gasteiger partial charge in [0.25, 0.3) is 5.56 Å². The summed E-state index contributed by atoms with van der Waals surface area (Å²) in [5, 5.41) is 4.62. The Kier molecular flexibility index (Phi) is 9.11. The fraction of sp³-hybridized carbons (Fsp3) is 0.429. The smallest absolute Gasteiger partial charge is 0.260 e. The van der Waals surface area contributed by atoms with Gasteiger partial charge in [0.05, 0.1) is 15.6 Å². The van der Waals surface area contributed by atoms with Gasteiger partial charge in [-0.3, -0.25) is 19.1 Å². The van der Waals surface area contributed by atoms with E-state index < -0.39 is 0 Å². The molecule has 0 aliphatic carbocycles. The molecule has 12 heteroatoms. The number of likely N-dealkylation sites (N-methyl/N-ethyl adjacent to an activating group) is 1. The van der Waals surface area contributed by atoms with E-state index in [1.54, 1.807) is 17.2 Å². The molecule has 2 aromatic heterocycles. The van der Waals surface area contributed by atoms with Gasteiger partial charge in [0.1, 0.15) is 24.0 Å². The quantitative estimate of drug-likeness (QED) is 0.244. The van der Waals surface area contributed by atoms with Crippen molar-refractivity contribution in [2.24, 2.45) is 0 Å². The summed E-state index contributed by atoms with van der Waals surface area (Å²) in [5.74, 6) is 0.980. The summed E-state index contributed by atoms with van der Waals surface area (Å²) in [4.78, 5) is 43.3. The number of halogens is 2. The van der Waals surface area contributed by atoms with Gasteiger partial charge in [-0.15, -0.1) is 0 Å². The van der Waals surface area contributed by atoms with E-state index in [-0.39, 0.29) is 30.2 Å². The standard InChI is InChI=1S/C35H39Cl2N7O3/c1-41-15-11-26(20-41)47-25-9-7-24(8-10-25)39-35-38-19-23-16-27(32-28(36)17-22(18-29(32)37)30-6-5-12-42(30)2)34(46)44(33(23)40-35)21-31(45)43-13-3-4-14-43/h7-10,16-19,26,30H,3-6,11-15,20-21H2,1-2H3,(H,38,39,40). The van der Waals surface area contributed by atoms with Crippen molar-refractivity contribution in [3.8, 4) is 16.9 Å². The molecule has 3 fully saturated rings. The van der Waals surface area contributed by atoms with Crippen LogP contribution in [0.4, 0.5) is 11.6 Å². The number of aromatic nitrogens is 3. The highest BCUT2D eigenvalue weighted by Crippen LogP contribution is 2.40. The maximum absolute atomic E-state index is 14.3. The number of rotatable bonds is 8. The second-order valence-corrected chi connectivity index (χ2v) is 13.8. The number of hydrogen-bond acceptors (Lipinski definition) is 8. The van der Waals surface area contributed by atoms with Crippen LogP contribution in [0.3, 0.4) is 0 Å². The topological polar surface area (TPSA) is 95.8 Å². The molecule has 3 aliphatic rings. The Morgan fingerprint density at radius 3 is 2.38 bits per heavy atom. The minimum Gasteiger partial charge on any atom is -0.489 e. The predicted molar refractivity (Wildman–Crippen MR) is 186 cm³/mol. The molecule has 4 aromatic rings. The number of amides is 1. The number of carbonyl (C=O) groups excluding carboxylic acids is 1. The Bertz CT molecular complexity index is 1840. The maximum Gasteiger partial charge on any atom is 0.260 e. The van der Waals surface area contributed by atoms with E-state index >= 15 is 0 Å². The van der Waals surface area contributed by atoms with Crippen LogP contribution in [0, 0.1) is 0 Å². The van der Waals surface area contributed by atoms with Crippen molar-refractivity contribution in [2.75, 3.05) is 52.1 Å². The lowest BCUT2D eigenvalue weighted by Gasteiger charge is -2.22. The number of likely N-dealkylation sites (tertiary alicyclic amines) is 3. The first kappa shape index (κ1) is 31.9. The monoisotopic (exact) mass is 675 g/mol. The van der Waals surface area contributed by atoms with Crippen LogP contribution in [0.2, 0.25) is 10.0 Å². The number of anilines is 2. The summed E-state index contributed by atoms with van der Waals surface area (Å²) >= 11 is 13.8. The molecule has 1 N–H and O–H groups in total. The molecule has 0 radical (unpaired) electrons. The first-order valence-corrected chi connectivity index (χ1v) is 17.1. The van der Waals surface area contributed by atoms with Crippen molar-refractivity contribution in [3.63, 3.8) is 0 Å². The Labute approximate surface area is 284 Å². The molecule has 47 heavy (non-hydrogen) atoms. The summed E-state index contributed by atoms with van der Waals surface area (Å²) in [6.07, 6.45) is 6.88. The normalized spacial score (nSPS) is 20.4. The number of carbonyl (C=O) groups is 1. The Hall–Kier alpha value is -3.70. The van der Waals surface area contributed by atoms with Crippen LogP contribution in [0.1, 0.15) is 43.7 Å². The molecule has 7 rings (SSSR count). The number of nitrogens with one attached hydrogen (secondary N) is 1. The van der Waals surface area contributed by atoms with Crippen molar-refractivity contribution < 1.29 is 9.53 Å². The highest BCUT2D eigenvalue weighted by Gasteiger charge is 2.27. The molecule has 2 atom stereocenters. The van der Waals surface area contributed by atoms with Gasteiger partial charge in [-0.25, -0.2) is 4.98 Å². The van der Waals surface area contributed by atoms with Crippen LogP contribution in [0.25, 0.3) is 22.2 Å². The van der Waals surface area contributed by atoms with Crippen LogP contribution < -0.4 is 15.6 Å². The Morgan fingerprint density at radius 1 is 0.979 bits per heavy atom. The van der Waals surface area contributed by atoms with E-state index in [0.717, 1.165) is 68.7 Å². The third-order valence-corrected chi connectivity index (χ3v) is 10.2. The molecule has 2 aromatic carbocycles. The Balaban J connectivity index is 1.23. The van der Waals surface area contributed by atoms with Crippen LogP contribution in [-0.2, 0) is 11.3 Å². The molecule has 10 nitrogen and oxygen atoms in total. The van der Waals surface area contributed by atoms with Crippen LogP contribution in [0.5, 0.6) is 5.75 Å². The summed E-state index contributed by atoms with van der Waals surface area (Å²) in [6.45, 7) is 4.16. The number of nitrogens with zero attached hydrogens (tertiary/aromatic N) is 6. The molecule has 3 aliphatic heterocycles. The molecule has 3 saturated heterocycles. The summed E-state index contributed by atoms with van der Waals surface area (Å²) in [7, 11) is 4.19. The van der Waals surface area contributed by atoms with Crippen molar-refractivity contribution in [2.45, 2.75) is 50.8 Å². The van der Waals surface area contributed by atoms with E-state index in [2.05, 4.69) is 34.2 Å². The van der Waals surface area contributed by atoms with Gasteiger partial charge < -0.3 is 19.9 Å². The first-order chi connectivity index (χ1) is 22.7. The van der Waals surface area contributed by atoms with Crippen molar-refractivity contribution >= 4 is 51.8 Å². The van der Waals surface area contributed by atoms with Crippen LogP contribution in [-0.4, -0.2) is 88.1 Å². The van der Waals surface area contributed by atoms with Gasteiger partial charge >= 0.3 is 0 Å². The van der Waals surface area contributed by atoms with Crippen molar-refractivity contribution in [1.29, 1.82) is 0 Å². The summed E-state index contributed by atoms with van der Waals surface area (Å²) < 4.78 is 7.55. The largest absolute Gasteiger partial charge is 0.489 e. The molecule has 246 valence electrons. The fourth-order valence-electron chi connectivity index (χ4n) is 7.05. The number of fused-ring (bicyclic) bond motifs is 1. The van der Waals surface area contributed by atoms with E-state index in [0.29, 0.717) is 51.2 Å². The van der Waals surface area contributed by atoms with Gasteiger partial charge in [0.2, 0.25) is 11.9 Å². The molecule has 0 saturated carbocycles. The molecular weight excluding hydrogens is 637 g/mol. The highest BCUT2D eigenvalue weighted by atomic mass is 35.5. The van der Waals surface area contributed by atoms with Gasteiger partial charge in [-0.2, -0.15) is 4.98 Å². The first-order valence-electron chi connectivity index (χ1n) is 16.3. The molecule has 2 unspecified atom stereocenters. The lowest BCUT2D eigenvalue weighted by atomic mass is 9.99. The second kappa shape index (κ2) is 13.4. The van der Waals surface area contributed by atoms with Crippen molar-refractivity contribution in [3.05, 3.63) is 74.6 Å². The van der Waals surface area contributed by atoms with Gasteiger partial charge in [0, 0.05) is 55.1 Å². The number of pyridine rings is 1. The minimum atomic E-state index is -0.386. The highest BCUT2D eigenvalue weighted by molar-refractivity contribution is 6.39. The maximum atomic E-state index is 14.3. The lowest BCUT2D eigenvalue weighted by Crippen LogP contribution is -2.35. The molecular formula is C35H39Cl2N7O3. The van der Waals surface area contributed by atoms with E-state index in [4.69, 9.17) is 32.9 Å². The Morgan fingerprint density at radius 2 is 1.72 bits per heavy atom. The number of hydrogen-bond donors (Lipinski definition) is 1. The van der Waals surface area contributed by atoms with Gasteiger partial charge in [-0.05, 0) is 101 Å². The lowest BCUT2D eigenvalue weighted by molar-refractivity contribution is -0.130. The van der Waals surface area contributed by atoms with Gasteiger partial charge in [0.15, 0.2) is 0 Å². The van der Waals surface area contributed by atoms with E-state index in [9.17, 15) is 9.59 Å². The summed E-state index contributed by atoms with van der Waals surface area (Å²) in [5.41, 5.74) is 2.51. The number of benzene rings is 2. The molecule has 0 bridgehead atoms. The fourth-order valence-corrected chi connectivity index (χ4v) is 7.76. The number of ether oxygens (including phenoxy) is 1. The zero-order chi connectivity index (χ0) is 32.7. The third kappa shape index (κ3) is 6.69.